The van der Waals surface area contributed by atoms with E-state index in [4.69, 9.17) is 4.98 Å². The number of carbonyl (C=O) groups is 1. The lowest BCUT2D eigenvalue weighted by Gasteiger charge is -2.36. The van der Waals surface area contributed by atoms with Gasteiger partial charge in [-0.3, -0.25) is 9.36 Å². The Hall–Kier alpha value is -2.66. The van der Waals surface area contributed by atoms with Crippen LogP contribution in [0.25, 0.3) is 16.7 Å². The molecule has 0 bridgehead atoms. The van der Waals surface area contributed by atoms with Crippen molar-refractivity contribution in [2.24, 2.45) is 0 Å². The topological polar surface area (TPSA) is 67.2 Å². The second kappa shape index (κ2) is 6.92. The molecular weight excluding hydrogens is 326 g/mol. The zero-order valence-electron chi connectivity index (χ0n) is 14.7. The van der Waals surface area contributed by atoms with E-state index < -0.39 is 5.60 Å². The number of para-hydroxylation sites is 3. The molecule has 1 aliphatic rings. The predicted octanol–water partition coefficient (Wildman–Crippen LogP) is 2.99. The number of nitrogens with zero attached hydrogens (tertiary/aromatic N) is 2. The summed E-state index contributed by atoms with van der Waals surface area (Å²) in [5.74, 6) is 0.826. The Morgan fingerprint density at radius 2 is 1.85 bits per heavy atom. The minimum absolute atomic E-state index is 0.0445. The lowest BCUT2D eigenvalue weighted by atomic mass is 9.80. The quantitative estimate of drug-likeness (QED) is 0.719. The summed E-state index contributed by atoms with van der Waals surface area (Å²) in [7, 11) is 0. The first-order valence-electron chi connectivity index (χ1n) is 9.16. The van der Waals surface area contributed by atoms with Crippen LogP contribution in [0, 0.1) is 0 Å². The maximum atomic E-state index is 12.2. The summed E-state index contributed by atoms with van der Waals surface area (Å²) in [6, 6.07) is 18.1. The molecule has 1 saturated carbocycles. The molecule has 4 rings (SSSR count). The predicted molar refractivity (Wildman–Crippen MR) is 101 cm³/mol. The summed E-state index contributed by atoms with van der Waals surface area (Å²) in [6.07, 6.45) is 3.49. The molecule has 0 aliphatic heterocycles. The molecular formula is C21H23N3O2. The average Bonchev–Trinajstić information content (AvgIpc) is 3.02. The number of imidazole rings is 1. The lowest BCUT2D eigenvalue weighted by molar-refractivity contribution is -0.123. The van der Waals surface area contributed by atoms with Gasteiger partial charge < -0.3 is 10.4 Å². The molecule has 5 nitrogen and oxygen atoms in total. The van der Waals surface area contributed by atoms with Gasteiger partial charge >= 0.3 is 0 Å². The van der Waals surface area contributed by atoms with Crippen LogP contribution in [0.1, 0.15) is 31.5 Å². The summed E-state index contributed by atoms with van der Waals surface area (Å²) in [6.45, 7) is 0.348. The van der Waals surface area contributed by atoms with E-state index in [0.717, 1.165) is 41.8 Å². The first kappa shape index (κ1) is 16.8. The fraction of sp³-hybridized carbons (Fsp3) is 0.333. The molecule has 5 heteroatoms. The second-order valence-corrected chi connectivity index (χ2v) is 7.04. The molecule has 134 valence electrons. The van der Waals surface area contributed by atoms with Crippen molar-refractivity contribution in [3.8, 4) is 5.69 Å². The van der Waals surface area contributed by atoms with Crippen molar-refractivity contribution in [2.45, 2.75) is 37.7 Å². The SMILES string of the molecule is O=C(CCc1nc2ccccc2n1-c1ccccc1)NCC1(O)CCC1. The summed E-state index contributed by atoms with van der Waals surface area (Å²) in [5, 5.41) is 13.0. The third-order valence-electron chi connectivity index (χ3n) is 5.12. The minimum Gasteiger partial charge on any atom is -0.388 e. The van der Waals surface area contributed by atoms with Crippen LogP contribution >= 0.6 is 0 Å². The lowest BCUT2D eigenvalue weighted by Crippen LogP contribution is -2.47. The van der Waals surface area contributed by atoms with Crippen molar-refractivity contribution >= 4 is 16.9 Å². The Morgan fingerprint density at radius 1 is 1.12 bits per heavy atom. The van der Waals surface area contributed by atoms with Crippen molar-refractivity contribution in [3.05, 3.63) is 60.4 Å². The highest BCUT2D eigenvalue weighted by Crippen LogP contribution is 2.30. The molecule has 26 heavy (non-hydrogen) atoms. The smallest absolute Gasteiger partial charge is 0.220 e. The van der Waals surface area contributed by atoms with Gasteiger partial charge in [-0.25, -0.2) is 4.98 Å². The first-order chi connectivity index (χ1) is 12.6. The second-order valence-electron chi connectivity index (χ2n) is 7.04. The number of hydrogen-bond donors (Lipinski definition) is 2. The highest BCUT2D eigenvalue weighted by Gasteiger charge is 2.34. The van der Waals surface area contributed by atoms with Gasteiger partial charge in [0.25, 0.3) is 0 Å². The molecule has 2 N–H and O–H groups in total. The molecule has 0 atom stereocenters. The standard InChI is InChI=1S/C21H23N3O2/c25-20(22-15-21(26)13-6-14-21)12-11-19-23-17-9-4-5-10-18(17)24(19)16-7-2-1-3-8-16/h1-5,7-10,26H,6,11-15H2,(H,22,25). The highest BCUT2D eigenvalue weighted by molar-refractivity contribution is 5.79. The molecule has 2 aromatic carbocycles. The van der Waals surface area contributed by atoms with Gasteiger partial charge in [0.2, 0.25) is 5.91 Å². The number of hydrogen-bond acceptors (Lipinski definition) is 3. The van der Waals surface area contributed by atoms with Crippen molar-refractivity contribution < 1.29 is 9.90 Å². The third kappa shape index (κ3) is 3.35. The van der Waals surface area contributed by atoms with Gasteiger partial charge in [-0.1, -0.05) is 30.3 Å². The van der Waals surface area contributed by atoms with E-state index in [0.29, 0.717) is 19.4 Å². The number of fused-ring (bicyclic) bond motifs is 1. The fourth-order valence-electron chi connectivity index (χ4n) is 3.45. The van der Waals surface area contributed by atoms with Crippen molar-refractivity contribution in [1.82, 2.24) is 14.9 Å². The number of amides is 1. The molecule has 1 aromatic heterocycles. The van der Waals surface area contributed by atoms with Crippen LogP contribution in [0.15, 0.2) is 54.6 Å². The van der Waals surface area contributed by atoms with Crippen LogP contribution in [-0.2, 0) is 11.2 Å². The van der Waals surface area contributed by atoms with E-state index in [2.05, 4.69) is 9.88 Å². The summed E-state index contributed by atoms with van der Waals surface area (Å²) < 4.78 is 2.11. The number of aromatic nitrogens is 2. The van der Waals surface area contributed by atoms with E-state index in [1.807, 2.05) is 54.6 Å². The zero-order valence-corrected chi connectivity index (χ0v) is 14.7. The van der Waals surface area contributed by atoms with Crippen LogP contribution in [-0.4, -0.2) is 32.7 Å². The number of aryl methyl sites for hydroxylation is 1. The Labute approximate surface area is 152 Å². The number of benzene rings is 2. The van der Waals surface area contributed by atoms with Gasteiger partial charge in [-0.15, -0.1) is 0 Å². The van der Waals surface area contributed by atoms with Crippen LogP contribution in [0.2, 0.25) is 0 Å². The number of aliphatic hydroxyl groups is 1. The summed E-state index contributed by atoms with van der Waals surface area (Å²) >= 11 is 0. The third-order valence-corrected chi connectivity index (χ3v) is 5.12. The molecule has 0 radical (unpaired) electrons. The van der Waals surface area contributed by atoms with Gasteiger partial charge in [0.15, 0.2) is 0 Å². The Kier molecular flexibility index (Phi) is 4.47. The molecule has 1 fully saturated rings. The van der Waals surface area contributed by atoms with Gasteiger partial charge in [0.05, 0.1) is 16.6 Å². The Balaban J connectivity index is 1.52. The van der Waals surface area contributed by atoms with E-state index in [1.54, 1.807) is 0 Å². The molecule has 1 aliphatic carbocycles. The fourth-order valence-corrected chi connectivity index (χ4v) is 3.45. The average molecular weight is 349 g/mol. The van der Waals surface area contributed by atoms with Gasteiger partial charge in [0.1, 0.15) is 5.82 Å². The van der Waals surface area contributed by atoms with E-state index in [-0.39, 0.29) is 5.91 Å². The Morgan fingerprint density at radius 3 is 2.58 bits per heavy atom. The van der Waals surface area contributed by atoms with Crippen LogP contribution in [0.3, 0.4) is 0 Å². The number of nitrogens with one attached hydrogen (secondary N) is 1. The zero-order chi connectivity index (χ0) is 18.0. The molecule has 0 saturated heterocycles. The van der Waals surface area contributed by atoms with Gasteiger partial charge in [-0.2, -0.15) is 0 Å². The normalized spacial score (nSPS) is 15.6. The van der Waals surface area contributed by atoms with Crippen LogP contribution in [0.5, 0.6) is 0 Å². The summed E-state index contributed by atoms with van der Waals surface area (Å²) in [5.41, 5.74) is 2.32. The van der Waals surface area contributed by atoms with Gasteiger partial charge in [-0.05, 0) is 43.5 Å². The van der Waals surface area contributed by atoms with Crippen molar-refractivity contribution in [2.75, 3.05) is 6.54 Å². The minimum atomic E-state index is -0.688. The maximum Gasteiger partial charge on any atom is 0.220 e. The molecule has 1 heterocycles. The molecule has 1 amide bonds. The monoisotopic (exact) mass is 349 g/mol. The highest BCUT2D eigenvalue weighted by atomic mass is 16.3. The number of rotatable bonds is 6. The van der Waals surface area contributed by atoms with Crippen LogP contribution in [0.4, 0.5) is 0 Å². The number of carbonyl (C=O) groups excluding carboxylic acids is 1. The van der Waals surface area contributed by atoms with Crippen molar-refractivity contribution in [3.63, 3.8) is 0 Å². The molecule has 3 aromatic rings. The molecule has 0 unspecified atom stereocenters. The molecule has 0 spiro atoms. The maximum absolute atomic E-state index is 12.2. The van der Waals surface area contributed by atoms with Gasteiger partial charge in [0, 0.05) is 25.1 Å². The van der Waals surface area contributed by atoms with E-state index in [1.165, 1.54) is 0 Å². The largest absolute Gasteiger partial charge is 0.388 e. The van der Waals surface area contributed by atoms with E-state index in [9.17, 15) is 9.90 Å². The van der Waals surface area contributed by atoms with E-state index >= 15 is 0 Å². The van der Waals surface area contributed by atoms with Crippen LogP contribution < -0.4 is 5.32 Å². The van der Waals surface area contributed by atoms with Crippen molar-refractivity contribution in [1.29, 1.82) is 0 Å². The summed E-state index contributed by atoms with van der Waals surface area (Å²) in [4.78, 5) is 16.9. The first-order valence-corrected chi connectivity index (χ1v) is 9.16. The Bertz CT molecular complexity index is 913.